The number of hydrogen-bond acceptors (Lipinski definition) is 1. The van der Waals surface area contributed by atoms with E-state index in [4.69, 9.17) is 12.2 Å². The van der Waals surface area contributed by atoms with Gasteiger partial charge in [0.15, 0.2) is 5.11 Å². The molecule has 16 heavy (non-hydrogen) atoms. The summed E-state index contributed by atoms with van der Waals surface area (Å²) < 4.78 is 35.6. The summed E-state index contributed by atoms with van der Waals surface area (Å²) in [5.41, 5.74) is 0. The van der Waals surface area contributed by atoms with Crippen molar-refractivity contribution in [3.8, 4) is 0 Å². The van der Waals surface area contributed by atoms with Gasteiger partial charge in [-0.05, 0) is 25.1 Å². The number of nitrogens with one attached hydrogen (secondary N) is 2. The van der Waals surface area contributed by atoms with E-state index in [-0.39, 0.29) is 6.54 Å². The van der Waals surface area contributed by atoms with E-state index in [0.717, 1.165) is 12.8 Å². The van der Waals surface area contributed by atoms with Crippen molar-refractivity contribution in [3.63, 3.8) is 0 Å². The molecular formula is C10H17F3N2S. The highest BCUT2D eigenvalue weighted by Gasteiger charge is 2.26. The Morgan fingerprint density at radius 3 is 2.38 bits per heavy atom. The lowest BCUT2D eigenvalue weighted by Gasteiger charge is -2.24. The van der Waals surface area contributed by atoms with E-state index in [0.29, 0.717) is 11.2 Å². The van der Waals surface area contributed by atoms with Gasteiger partial charge in [-0.1, -0.05) is 19.3 Å². The van der Waals surface area contributed by atoms with Crippen LogP contribution in [0.25, 0.3) is 0 Å². The number of alkyl halides is 3. The minimum absolute atomic E-state index is 0.151. The quantitative estimate of drug-likeness (QED) is 0.757. The molecule has 0 aliphatic heterocycles. The van der Waals surface area contributed by atoms with Gasteiger partial charge in [0, 0.05) is 12.6 Å². The lowest BCUT2D eigenvalue weighted by Crippen LogP contribution is -2.43. The molecule has 1 saturated carbocycles. The van der Waals surface area contributed by atoms with Crippen molar-refractivity contribution in [2.75, 3.05) is 6.54 Å². The SMILES string of the molecule is FC(F)(F)CCNC(=S)NC1CCCCC1. The molecule has 6 heteroatoms. The van der Waals surface area contributed by atoms with Crippen LogP contribution in [0, 0.1) is 0 Å². The molecule has 0 aromatic heterocycles. The standard InChI is InChI=1S/C10H17F3N2S/c11-10(12,13)6-7-14-9(16)15-8-4-2-1-3-5-8/h8H,1-7H2,(H2,14,15,16). The van der Waals surface area contributed by atoms with E-state index in [2.05, 4.69) is 10.6 Å². The van der Waals surface area contributed by atoms with Crippen LogP contribution in [0.3, 0.4) is 0 Å². The second-order valence-electron chi connectivity index (χ2n) is 4.10. The predicted molar refractivity (Wildman–Crippen MR) is 61.3 cm³/mol. The number of thiocarbonyl (C=S) groups is 1. The Bertz CT molecular complexity index is 225. The van der Waals surface area contributed by atoms with Crippen molar-refractivity contribution in [3.05, 3.63) is 0 Å². The van der Waals surface area contributed by atoms with Gasteiger partial charge < -0.3 is 10.6 Å². The molecule has 0 radical (unpaired) electrons. The molecule has 0 heterocycles. The molecule has 1 rings (SSSR count). The van der Waals surface area contributed by atoms with Crippen molar-refractivity contribution in [1.82, 2.24) is 10.6 Å². The Labute approximate surface area is 99.0 Å². The largest absolute Gasteiger partial charge is 0.390 e. The zero-order valence-electron chi connectivity index (χ0n) is 9.07. The van der Waals surface area contributed by atoms with E-state index < -0.39 is 12.6 Å². The van der Waals surface area contributed by atoms with E-state index in [1.807, 2.05) is 0 Å². The molecule has 1 aliphatic carbocycles. The summed E-state index contributed by atoms with van der Waals surface area (Å²) in [6.45, 7) is -0.151. The molecule has 0 amide bonds. The van der Waals surface area contributed by atoms with E-state index in [9.17, 15) is 13.2 Å². The summed E-state index contributed by atoms with van der Waals surface area (Å²) in [6, 6.07) is 0.333. The van der Waals surface area contributed by atoms with Gasteiger partial charge in [-0.25, -0.2) is 0 Å². The number of hydrogen-bond donors (Lipinski definition) is 2. The maximum atomic E-state index is 11.9. The van der Waals surface area contributed by atoms with E-state index in [1.54, 1.807) is 0 Å². The summed E-state index contributed by atoms with van der Waals surface area (Å²) >= 11 is 4.93. The average molecular weight is 254 g/mol. The first-order valence-electron chi connectivity index (χ1n) is 5.58. The Morgan fingerprint density at radius 1 is 1.19 bits per heavy atom. The normalized spacial score (nSPS) is 18.2. The molecule has 0 aromatic carbocycles. The molecule has 94 valence electrons. The highest BCUT2D eigenvalue weighted by Crippen LogP contribution is 2.18. The molecule has 2 nitrogen and oxygen atoms in total. The van der Waals surface area contributed by atoms with Gasteiger partial charge in [-0.2, -0.15) is 13.2 Å². The maximum Gasteiger partial charge on any atom is 0.390 e. The zero-order valence-corrected chi connectivity index (χ0v) is 9.89. The van der Waals surface area contributed by atoms with Crippen LogP contribution in [0.1, 0.15) is 38.5 Å². The van der Waals surface area contributed by atoms with Crippen molar-refractivity contribution < 1.29 is 13.2 Å². The van der Waals surface area contributed by atoms with E-state index in [1.165, 1.54) is 19.3 Å². The lowest BCUT2D eigenvalue weighted by atomic mass is 9.96. The molecule has 0 bridgehead atoms. The second kappa shape index (κ2) is 6.27. The summed E-state index contributed by atoms with van der Waals surface area (Å²) in [5, 5.41) is 5.99. The van der Waals surface area contributed by atoms with Crippen molar-refractivity contribution >= 4 is 17.3 Å². The smallest absolute Gasteiger partial charge is 0.362 e. The minimum Gasteiger partial charge on any atom is -0.362 e. The van der Waals surface area contributed by atoms with Crippen molar-refractivity contribution in [2.45, 2.75) is 50.7 Å². The number of rotatable bonds is 3. The molecule has 0 aromatic rings. The molecule has 1 fully saturated rings. The van der Waals surface area contributed by atoms with Gasteiger partial charge in [0.05, 0.1) is 6.42 Å². The van der Waals surface area contributed by atoms with Crippen molar-refractivity contribution in [2.24, 2.45) is 0 Å². The van der Waals surface area contributed by atoms with Gasteiger partial charge in [-0.15, -0.1) is 0 Å². The third kappa shape index (κ3) is 6.15. The Morgan fingerprint density at radius 2 is 1.81 bits per heavy atom. The van der Waals surface area contributed by atoms with Crippen LogP contribution >= 0.6 is 12.2 Å². The van der Waals surface area contributed by atoms with Crippen LogP contribution in [-0.4, -0.2) is 23.9 Å². The highest BCUT2D eigenvalue weighted by molar-refractivity contribution is 7.80. The summed E-state index contributed by atoms with van der Waals surface area (Å²) in [4.78, 5) is 0. The topological polar surface area (TPSA) is 24.1 Å². The molecule has 0 saturated heterocycles. The first kappa shape index (κ1) is 13.5. The predicted octanol–water partition coefficient (Wildman–Crippen LogP) is 2.74. The average Bonchev–Trinajstić information content (AvgIpc) is 2.17. The molecule has 0 unspecified atom stereocenters. The fourth-order valence-corrected chi connectivity index (χ4v) is 2.07. The van der Waals surface area contributed by atoms with Gasteiger partial charge in [0.1, 0.15) is 0 Å². The zero-order chi connectivity index (χ0) is 12.0. The van der Waals surface area contributed by atoms with Gasteiger partial charge in [0.2, 0.25) is 0 Å². The molecule has 2 N–H and O–H groups in total. The summed E-state index contributed by atoms with van der Waals surface area (Å²) in [7, 11) is 0. The third-order valence-electron chi connectivity index (χ3n) is 2.63. The molecular weight excluding hydrogens is 237 g/mol. The Balaban J connectivity index is 2.10. The van der Waals surface area contributed by atoms with Crippen LogP contribution in [-0.2, 0) is 0 Å². The van der Waals surface area contributed by atoms with Crippen LogP contribution in [0.2, 0.25) is 0 Å². The second-order valence-corrected chi connectivity index (χ2v) is 4.51. The first-order valence-corrected chi connectivity index (χ1v) is 5.99. The third-order valence-corrected chi connectivity index (χ3v) is 2.90. The highest BCUT2D eigenvalue weighted by atomic mass is 32.1. The van der Waals surface area contributed by atoms with Crippen LogP contribution in [0.5, 0.6) is 0 Å². The monoisotopic (exact) mass is 254 g/mol. The molecule has 1 aliphatic rings. The Kier molecular flexibility index (Phi) is 5.31. The lowest BCUT2D eigenvalue weighted by molar-refractivity contribution is -0.132. The van der Waals surface area contributed by atoms with Crippen LogP contribution < -0.4 is 10.6 Å². The first-order chi connectivity index (χ1) is 7.47. The minimum atomic E-state index is -4.12. The van der Waals surface area contributed by atoms with Crippen LogP contribution in [0.15, 0.2) is 0 Å². The fraction of sp³-hybridized carbons (Fsp3) is 0.900. The van der Waals surface area contributed by atoms with Gasteiger partial charge in [0.25, 0.3) is 0 Å². The van der Waals surface area contributed by atoms with Gasteiger partial charge >= 0.3 is 6.18 Å². The van der Waals surface area contributed by atoms with Crippen LogP contribution in [0.4, 0.5) is 13.2 Å². The fourth-order valence-electron chi connectivity index (χ4n) is 1.80. The summed E-state index contributed by atoms with van der Waals surface area (Å²) in [5.74, 6) is 0. The van der Waals surface area contributed by atoms with E-state index >= 15 is 0 Å². The maximum absolute atomic E-state index is 11.9. The number of halogens is 3. The Hall–Kier alpha value is -0.520. The van der Waals surface area contributed by atoms with Gasteiger partial charge in [-0.3, -0.25) is 0 Å². The van der Waals surface area contributed by atoms with Crippen molar-refractivity contribution in [1.29, 1.82) is 0 Å². The molecule has 0 atom stereocenters. The molecule has 0 spiro atoms. The summed E-state index contributed by atoms with van der Waals surface area (Å²) in [6.07, 6.45) is 0.729.